The van der Waals surface area contributed by atoms with Crippen LogP contribution in [0.2, 0.25) is 0 Å². The van der Waals surface area contributed by atoms with Gasteiger partial charge in [-0.2, -0.15) is 0 Å². The number of ether oxygens (including phenoxy) is 3. The number of esters is 1. The van der Waals surface area contributed by atoms with Gasteiger partial charge in [0.2, 0.25) is 0 Å². The number of Topliss-reactive ketones (excluding diaryl/α,β-unsaturated/α-hetero) is 1. The summed E-state index contributed by atoms with van der Waals surface area (Å²) in [5.41, 5.74) is 3.80. The minimum atomic E-state index is -0.723. The summed E-state index contributed by atoms with van der Waals surface area (Å²) in [6, 6.07) is 15.5. The molecule has 2 aromatic rings. The molecule has 1 unspecified atom stereocenters. The first-order chi connectivity index (χ1) is 16.3. The van der Waals surface area contributed by atoms with Gasteiger partial charge in [0.1, 0.15) is 17.4 Å². The second-order valence-corrected chi connectivity index (χ2v) is 9.10. The van der Waals surface area contributed by atoms with E-state index >= 15 is 0 Å². The van der Waals surface area contributed by atoms with E-state index in [9.17, 15) is 9.59 Å². The molecule has 0 spiro atoms. The Bertz CT molecular complexity index is 1150. The van der Waals surface area contributed by atoms with Crippen molar-refractivity contribution in [3.8, 4) is 11.5 Å². The number of hydrogen-bond donors (Lipinski definition) is 0. The molecule has 0 saturated carbocycles. The van der Waals surface area contributed by atoms with E-state index < -0.39 is 17.8 Å². The van der Waals surface area contributed by atoms with Gasteiger partial charge < -0.3 is 14.2 Å². The highest BCUT2D eigenvalue weighted by Crippen LogP contribution is 2.49. The van der Waals surface area contributed by atoms with Gasteiger partial charge in [0, 0.05) is 34.9 Å². The van der Waals surface area contributed by atoms with Gasteiger partial charge in [0.05, 0.1) is 20.3 Å². The van der Waals surface area contributed by atoms with Crippen LogP contribution in [0.3, 0.4) is 0 Å². The summed E-state index contributed by atoms with van der Waals surface area (Å²) in [6.07, 6.45) is 0.719. The summed E-state index contributed by atoms with van der Waals surface area (Å²) in [5, 5.41) is 0. The fourth-order valence-corrected chi connectivity index (χ4v) is 5.05. The van der Waals surface area contributed by atoms with Crippen LogP contribution in [0.4, 0.5) is 0 Å². The van der Waals surface area contributed by atoms with Crippen LogP contribution >= 0.6 is 0 Å². The average molecular weight is 462 g/mol. The highest BCUT2D eigenvalue weighted by molar-refractivity contribution is 6.09. The Balaban J connectivity index is 1.87. The molecule has 0 saturated heterocycles. The summed E-state index contributed by atoms with van der Waals surface area (Å²) in [5.74, 6) is -0.408. The van der Waals surface area contributed by atoms with E-state index in [1.165, 1.54) is 0 Å². The Kier molecular flexibility index (Phi) is 6.87. The van der Waals surface area contributed by atoms with Gasteiger partial charge in [-0.3, -0.25) is 14.6 Å². The van der Waals surface area contributed by atoms with Crippen LogP contribution < -0.4 is 9.47 Å². The molecule has 4 rings (SSSR count). The lowest BCUT2D eigenvalue weighted by atomic mass is 9.69. The molecular formula is C28H31NO5. The first-order valence-electron chi connectivity index (χ1n) is 11.6. The second-order valence-electron chi connectivity index (χ2n) is 9.10. The molecular weight excluding hydrogens is 430 g/mol. The van der Waals surface area contributed by atoms with Gasteiger partial charge in [0.15, 0.2) is 5.78 Å². The third-order valence-corrected chi connectivity index (χ3v) is 6.54. The van der Waals surface area contributed by atoms with Crippen molar-refractivity contribution in [1.29, 1.82) is 0 Å². The maximum atomic E-state index is 13.7. The number of rotatable bonds is 6. The van der Waals surface area contributed by atoms with Crippen molar-refractivity contribution in [2.24, 2.45) is 10.9 Å². The fraction of sp³-hybridized carbons (Fsp3) is 0.393. The normalized spacial score (nSPS) is 22.2. The first-order valence-corrected chi connectivity index (χ1v) is 11.6. The van der Waals surface area contributed by atoms with Crippen LogP contribution in [0.5, 0.6) is 11.5 Å². The van der Waals surface area contributed by atoms with Crippen LogP contribution in [-0.4, -0.2) is 37.8 Å². The third-order valence-electron chi connectivity index (χ3n) is 6.54. The molecule has 0 radical (unpaired) electrons. The van der Waals surface area contributed by atoms with Crippen LogP contribution in [0, 0.1) is 5.92 Å². The number of hydrogen-bond acceptors (Lipinski definition) is 6. The minimum Gasteiger partial charge on any atom is -0.497 e. The average Bonchev–Trinajstić information content (AvgIpc) is 2.82. The molecule has 2 aliphatic rings. The molecule has 2 aromatic carbocycles. The number of aliphatic imine (C=N–C) groups is 1. The summed E-state index contributed by atoms with van der Waals surface area (Å²) in [7, 11) is 3.17. The molecule has 0 fully saturated rings. The lowest BCUT2D eigenvalue weighted by molar-refractivity contribution is -0.150. The zero-order valence-electron chi connectivity index (χ0n) is 20.3. The number of ketones is 1. The molecule has 0 amide bonds. The lowest BCUT2D eigenvalue weighted by Crippen LogP contribution is -2.39. The van der Waals surface area contributed by atoms with Crippen molar-refractivity contribution in [2.75, 3.05) is 14.2 Å². The SMILES string of the molecule is COc1ccc(OC)c([C@H]2C3=C(C[C@H](c4ccccc4)CC3=O)N=C(C)C2C(=O)OC(C)C)c1. The second kappa shape index (κ2) is 9.84. The largest absolute Gasteiger partial charge is 0.497 e. The molecule has 0 bridgehead atoms. The van der Waals surface area contributed by atoms with Crippen LogP contribution in [0.25, 0.3) is 0 Å². The Morgan fingerprint density at radius 1 is 1.03 bits per heavy atom. The highest BCUT2D eigenvalue weighted by Gasteiger charge is 2.46. The predicted octanol–water partition coefficient (Wildman–Crippen LogP) is 5.23. The molecule has 0 N–H and O–H groups in total. The van der Waals surface area contributed by atoms with Crippen LogP contribution in [0.1, 0.15) is 56.6 Å². The molecule has 3 atom stereocenters. The number of methoxy groups -OCH3 is 2. The molecule has 1 aliphatic heterocycles. The van der Waals surface area contributed by atoms with Gasteiger partial charge in [-0.05, 0) is 56.9 Å². The van der Waals surface area contributed by atoms with Crippen molar-refractivity contribution in [3.05, 3.63) is 70.9 Å². The molecule has 178 valence electrons. The summed E-state index contributed by atoms with van der Waals surface area (Å²) >= 11 is 0. The topological polar surface area (TPSA) is 74.2 Å². The minimum absolute atomic E-state index is 0.00331. The van der Waals surface area contributed by atoms with E-state index in [0.717, 1.165) is 16.8 Å². The maximum Gasteiger partial charge on any atom is 0.315 e. The number of benzene rings is 2. The molecule has 1 aliphatic carbocycles. The monoisotopic (exact) mass is 461 g/mol. The first kappa shape index (κ1) is 23.7. The number of carbonyl (C=O) groups excluding carboxylic acids is 2. The third kappa shape index (κ3) is 4.49. The Labute approximate surface area is 200 Å². The zero-order valence-corrected chi connectivity index (χ0v) is 20.3. The van der Waals surface area contributed by atoms with Crippen molar-refractivity contribution < 1.29 is 23.8 Å². The standard InChI is InChI=1S/C28H31NO5/c1-16(2)34-28(31)25-17(3)29-22-13-19(18-9-7-6-8-10-18)14-23(30)27(22)26(25)21-15-20(32-4)11-12-24(21)33-5/h6-12,15-16,19,25-26H,13-14H2,1-5H3/t19-,25?,26+/m0/s1. The van der Waals surface area contributed by atoms with Crippen molar-refractivity contribution in [1.82, 2.24) is 0 Å². The predicted molar refractivity (Wildman–Crippen MR) is 131 cm³/mol. The fourth-order valence-electron chi connectivity index (χ4n) is 5.05. The van der Waals surface area contributed by atoms with E-state index in [0.29, 0.717) is 35.6 Å². The van der Waals surface area contributed by atoms with E-state index in [1.54, 1.807) is 26.4 Å². The quantitative estimate of drug-likeness (QED) is 0.551. The summed E-state index contributed by atoms with van der Waals surface area (Å²) < 4.78 is 16.8. The van der Waals surface area contributed by atoms with Gasteiger partial charge >= 0.3 is 5.97 Å². The van der Waals surface area contributed by atoms with Gasteiger partial charge in [-0.25, -0.2) is 0 Å². The van der Waals surface area contributed by atoms with E-state index in [-0.39, 0.29) is 17.8 Å². The summed E-state index contributed by atoms with van der Waals surface area (Å²) in [6.45, 7) is 5.47. The van der Waals surface area contributed by atoms with Crippen LogP contribution in [0.15, 0.2) is 64.8 Å². The highest BCUT2D eigenvalue weighted by atomic mass is 16.5. The van der Waals surface area contributed by atoms with E-state index in [1.807, 2.05) is 57.2 Å². The molecule has 0 aromatic heterocycles. The van der Waals surface area contributed by atoms with Crippen molar-refractivity contribution in [3.63, 3.8) is 0 Å². The Morgan fingerprint density at radius 3 is 2.41 bits per heavy atom. The molecule has 6 nitrogen and oxygen atoms in total. The smallest absolute Gasteiger partial charge is 0.315 e. The van der Waals surface area contributed by atoms with Crippen LogP contribution in [-0.2, 0) is 14.3 Å². The number of nitrogens with zero attached hydrogens (tertiary/aromatic N) is 1. The number of carbonyl (C=O) groups is 2. The molecule has 1 heterocycles. The van der Waals surface area contributed by atoms with Crippen molar-refractivity contribution in [2.45, 2.75) is 51.6 Å². The summed E-state index contributed by atoms with van der Waals surface area (Å²) in [4.78, 5) is 31.8. The maximum absolute atomic E-state index is 13.7. The molecule has 6 heteroatoms. The lowest BCUT2D eigenvalue weighted by Gasteiger charge is -2.37. The van der Waals surface area contributed by atoms with Gasteiger partial charge in [-0.1, -0.05) is 30.3 Å². The number of allylic oxidation sites excluding steroid dienone is 2. The van der Waals surface area contributed by atoms with Gasteiger partial charge in [0.25, 0.3) is 0 Å². The van der Waals surface area contributed by atoms with E-state index in [4.69, 9.17) is 19.2 Å². The Morgan fingerprint density at radius 2 is 1.76 bits per heavy atom. The Hall–Kier alpha value is -3.41. The van der Waals surface area contributed by atoms with Crippen molar-refractivity contribution >= 4 is 17.5 Å². The van der Waals surface area contributed by atoms with E-state index in [2.05, 4.69) is 0 Å². The molecule has 34 heavy (non-hydrogen) atoms. The zero-order chi connectivity index (χ0) is 24.4. The van der Waals surface area contributed by atoms with Gasteiger partial charge in [-0.15, -0.1) is 0 Å².